The summed E-state index contributed by atoms with van der Waals surface area (Å²) in [5.41, 5.74) is 1.01. The molecule has 1 aliphatic heterocycles. The van der Waals surface area contributed by atoms with Crippen LogP contribution in [0.4, 0.5) is 24.8 Å². The molecule has 0 radical (unpaired) electrons. The van der Waals surface area contributed by atoms with Crippen molar-refractivity contribution in [1.82, 2.24) is 15.3 Å². The van der Waals surface area contributed by atoms with Crippen LogP contribution in [0.5, 0.6) is 0 Å². The van der Waals surface area contributed by atoms with Gasteiger partial charge in [-0.25, -0.2) is 9.97 Å². The second kappa shape index (κ2) is 9.03. The summed E-state index contributed by atoms with van der Waals surface area (Å²) in [5.74, 6) is 1.88. The third-order valence-electron chi connectivity index (χ3n) is 4.55. The quantitative estimate of drug-likeness (QED) is 0.749. The molecule has 2 aromatic heterocycles. The van der Waals surface area contributed by atoms with Crippen LogP contribution < -0.4 is 15.1 Å². The van der Waals surface area contributed by atoms with Gasteiger partial charge in [-0.3, -0.25) is 0 Å². The van der Waals surface area contributed by atoms with Gasteiger partial charge in [0.15, 0.2) is 0 Å². The normalized spacial score (nSPS) is 15.2. The van der Waals surface area contributed by atoms with Crippen LogP contribution in [0.15, 0.2) is 42.7 Å². The van der Waals surface area contributed by atoms with E-state index in [-0.39, 0.29) is 6.42 Å². The van der Waals surface area contributed by atoms with E-state index in [1.54, 1.807) is 12.4 Å². The maximum Gasteiger partial charge on any atom is 0.389 e. The highest BCUT2D eigenvalue weighted by atomic mass is 19.4. The fraction of sp³-hybridized carbons (Fsp3) is 0.474. The maximum atomic E-state index is 12.2. The molecule has 3 rings (SSSR count). The highest BCUT2D eigenvalue weighted by molar-refractivity contribution is 5.49. The zero-order chi connectivity index (χ0) is 19.1. The first-order valence-electron chi connectivity index (χ1n) is 9.15. The van der Waals surface area contributed by atoms with Crippen LogP contribution in [0, 0.1) is 0 Å². The summed E-state index contributed by atoms with van der Waals surface area (Å²) in [7, 11) is 0. The average Bonchev–Trinajstić information content (AvgIpc) is 2.68. The molecular weight excluding hydrogens is 355 g/mol. The minimum absolute atomic E-state index is 0.0852. The minimum Gasteiger partial charge on any atom is -0.353 e. The lowest BCUT2D eigenvalue weighted by Gasteiger charge is -2.36. The lowest BCUT2D eigenvalue weighted by Crippen LogP contribution is -2.47. The van der Waals surface area contributed by atoms with E-state index in [0.29, 0.717) is 13.1 Å². The summed E-state index contributed by atoms with van der Waals surface area (Å²) in [6.45, 7) is 4.21. The van der Waals surface area contributed by atoms with Gasteiger partial charge in [-0.1, -0.05) is 12.1 Å². The first-order chi connectivity index (χ1) is 13.0. The number of hydrogen-bond donors (Lipinski definition) is 1. The van der Waals surface area contributed by atoms with Gasteiger partial charge in [0.1, 0.15) is 11.6 Å². The van der Waals surface area contributed by atoms with Crippen molar-refractivity contribution in [2.75, 3.05) is 42.5 Å². The molecule has 1 saturated heterocycles. The summed E-state index contributed by atoms with van der Waals surface area (Å²) in [6.07, 6.45) is -1.21. The molecule has 0 aromatic carbocycles. The van der Waals surface area contributed by atoms with E-state index in [1.165, 1.54) is 0 Å². The Kier molecular flexibility index (Phi) is 6.49. The molecule has 1 fully saturated rings. The largest absolute Gasteiger partial charge is 0.389 e. The predicted octanol–water partition coefficient (Wildman–Crippen LogP) is 3.24. The summed E-state index contributed by atoms with van der Waals surface area (Å²) >= 11 is 0. The number of anilines is 2. The monoisotopic (exact) mass is 379 g/mol. The standard InChI is InChI=1S/C19H24F3N5/c20-19(21,22)7-4-8-23-15-16-5-3-10-25-18(16)27-13-11-26(12-14-27)17-6-1-2-9-24-17/h1-3,5-6,9-10,23H,4,7-8,11-15H2. The average molecular weight is 379 g/mol. The molecular formula is C19H24F3N5. The summed E-state index contributed by atoms with van der Waals surface area (Å²) < 4.78 is 36.6. The van der Waals surface area contributed by atoms with Crippen molar-refractivity contribution in [3.8, 4) is 0 Å². The molecule has 0 saturated carbocycles. The number of piperazine rings is 1. The van der Waals surface area contributed by atoms with E-state index in [0.717, 1.165) is 43.4 Å². The van der Waals surface area contributed by atoms with Crippen molar-refractivity contribution in [1.29, 1.82) is 0 Å². The molecule has 146 valence electrons. The molecule has 2 aromatic rings. The molecule has 1 N–H and O–H groups in total. The van der Waals surface area contributed by atoms with Crippen LogP contribution >= 0.6 is 0 Å². The van der Waals surface area contributed by atoms with Gasteiger partial charge in [-0.15, -0.1) is 0 Å². The number of nitrogens with one attached hydrogen (secondary N) is 1. The third kappa shape index (κ3) is 5.82. The minimum atomic E-state index is -4.09. The Bertz CT molecular complexity index is 700. The Balaban J connectivity index is 1.52. The van der Waals surface area contributed by atoms with Crippen LogP contribution in [-0.2, 0) is 6.54 Å². The molecule has 0 bridgehead atoms. The van der Waals surface area contributed by atoms with Gasteiger partial charge in [-0.2, -0.15) is 13.2 Å². The Morgan fingerprint density at radius 3 is 2.37 bits per heavy atom. The van der Waals surface area contributed by atoms with E-state index in [4.69, 9.17) is 0 Å². The highest BCUT2D eigenvalue weighted by Gasteiger charge is 2.26. The number of alkyl halides is 3. The third-order valence-corrected chi connectivity index (χ3v) is 4.55. The van der Waals surface area contributed by atoms with Crippen molar-refractivity contribution >= 4 is 11.6 Å². The van der Waals surface area contributed by atoms with Gasteiger partial charge >= 0.3 is 6.18 Å². The van der Waals surface area contributed by atoms with E-state index in [1.807, 2.05) is 30.3 Å². The molecule has 0 amide bonds. The van der Waals surface area contributed by atoms with Gasteiger partial charge in [0.2, 0.25) is 0 Å². The highest BCUT2D eigenvalue weighted by Crippen LogP contribution is 2.22. The van der Waals surface area contributed by atoms with Gasteiger partial charge in [-0.05, 0) is 31.2 Å². The molecule has 3 heterocycles. The molecule has 0 unspecified atom stereocenters. The molecule has 5 nitrogen and oxygen atoms in total. The van der Waals surface area contributed by atoms with Crippen molar-refractivity contribution in [3.63, 3.8) is 0 Å². The Hall–Kier alpha value is -2.35. The van der Waals surface area contributed by atoms with Crippen LogP contribution in [0.25, 0.3) is 0 Å². The fourth-order valence-corrected chi connectivity index (χ4v) is 3.18. The van der Waals surface area contributed by atoms with Crippen molar-refractivity contribution in [2.24, 2.45) is 0 Å². The smallest absolute Gasteiger partial charge is 0.353 e. The van der Waals surface area contributed by atoms with Crippen LogP contribution in [-0.4, -0.2) is 48.9 Å². The Morgan fingerprint density at radius 2 is 1.67 bits per heavy atom. The van der Waals surface area contributed by atoms with E-state index in [2.05, 4.69) is 25.1 Å². The first-order valence-corrected chi connectivity index (χ1v) is 9.15. The van der Waals surface area contributed by atoms with Crippen LogP contribution in [0.1, 0.15) is 18.4 Å². The van der Waals surface area contributed by atoms with E-state index < -0.39 is 12.6 Å². The maximum absolute atomic E-state index is 12.2. The van der Waals surface area contributed by atoms with Gasteiger partial charge in [0.05, 0.1) is 0 Å². The molecule has 0 atom stereocenters. The van der Waals surface area contributed by atoms with Gasteiger partial charge < -0.3 is 15.1 Å². The van der Waals surface area contributed by atoms with Gasteiger partial charge in [0.25, 0.3) is 0 Å². The predicted molar refractivity (Wildman–Crippen MR) is 99.9 cm³/mol. The Morgan fingerprint density at radius 1 is 0.926 bits per heavy atom. The lowest BCUT2D eigenvalue weighted by molar-refractivity contribution is -0.135. The molecule has 27 heavy (non-hydrogen) atoms. The SMILES string of the molecule is FC(F)(F)CCCNCc1cccnc1N1CCN(c2ccccn2)CC1. The number of aromatic nitrogens is 2. The topological polar surface area (TPSA) is 44.3 Å². The Labute approximate surface area is 157 Å². The fourth-order valence-electron chi connectivity index (χ4n) is 3.18. The van der Waals surface area contributed by atoms with Crippen molar-refractivity contribution < 1.29 is 13.2 Å². The lowest BCUT2D eigenvalue weighted by atomic mass is 10.2. The van der Waals surface area contributed by atoms with E-state index >= 15 is 0 Å². The number of nitrogens with zero attached hydrogens (tertiary/aromatic N) is 4. The molecule has 0 aliphatic carbocycles. The second-order valence-electron chi connectivity index (χ2n) is 6.54. The summed E-state index contributed by atoms with van der Waals surface area (Å²) in [4.78, 5) is 13.4. The van der Waals surface area contributed by atoms with Crippen molar-refractivity contribution in [3.05, 3.63) is 48.3 Å². The number of halogens is 3. The molecule has 8 heteroatoms. The number of pyridine rings is 2. The second-order valence-corrected chi connectivity index (χ2v) is 6.54. The summed E-state index contributed by atoms with van der Waals surface area (Å²) in [6, 6.07) is 9.73. The molecule has 1 aliphatic rings. The van der Waals surface area contributed by atoms with Crippen LogP contribution in [0.2, 0.25) is 0 Å². The zero-order valence-corrected chi connectivity index (χ0v) is 15.1. The first kappa shape index (κ1) is 19.4. The summed E-state index contributed by atoms with van der Waals surface area (Å²) in [5, 5.41) is 3.10. The number of rotatable bonds is 7. The van der Waals surface area contributed by atoms with Crippen molar-refractivity contribution in [2.45, 2.75) is 25.6 Å². The van der Waals surface area contributed by atoms with E-state index in [9.17, 15) is 13.2 Å². The molecule has 0 spiro atoms. The number of hydrogen-bond acceptors (Lipinski definition) is 5. The zero-order valence-electron chi connectivity index (χ0n) is 15.1. The van der Waals surface area contributed by atoms with Gasteiger partial charge in [0, 0.05) is 57.1 Å². The van der Waals surface area contributed by atoms with Crippen LogP contribution in [0.3, 0.4) is 0 Å².